The molecule has 0 aliphatic rings. The van der Waals surface area contributed by atoms with E-state index in [0.29, 0.717) is 46.7 Å². The molecule has 0 atom stereocenters. The first kappa shape index (κ1) is 19.4. The summed E-state index contributed by atoms with van der Waals surface area (Å²) in [6.45, 7) is 2.62. The van der Waals surface area contributed by atoms with Gasteiger partial charge in [0.1, 0.15) is 18.1 Å². The van der Waals surface area contributed by atoms with E-state index in [4.69, 9.17) is 19.9 Å². The van der Waals surface area contributed by atoms with Gasteiger partial charge < -0.3 is 24.9 Å². The average Bonchev–Trinajstić information content (AvgIpc) is 3.08. The van der Waals surface area contributed by atoms with Crippen LogP contribution >= 0.6 is 0 Å². The van der Waals surface area contributed by atoms with Gasteiger partial charge in [-0.3, -0.25) is 4.79 Å². The van der Waals surface area contributed by atoms with E-state index in [1.807, 2.05) is 0 Å². The van der Waals surface area contributed by atoms with E-state index >= 15 is 0 Å². The van der Waals surface area contributed by atoms with Gasteiger partial charge in [-0.2, -0.15) is 0 Å². The molecule has 0 saturated carbocycles. The van der Waals surface area contributed by atoms with E-state index in [9.17, 15) is 9.59 Å². The fourth-order valence-electron chi connectivity index (χ4n) is 3.03. The van der Waals surface area contributed by atoms with Crippen molar-refractivity contribution >= 4 is 28.3 Å². The largest absolute Gasteiger partial charge is 0.491 e. The zero-order chi connectivity index (χ0) is 20.3. The molecule has 1 heterocycles. The molecule has 7 nitrogen and oxygen atoms in total. The van der Waals surface area contributed by atoms with Gasteiger partial charge in [0.05, 0.1) is 24.8 Å². The Morgan fingerprint density at radius 2 is 1.89 bits per heavy atom. The molecule has 7 heteroatoms. The monoisotopic (exact) mass is 382 g/mol. The van der Waals surface area contributed by atoms with Crippen LogP contribution in [0.2, 0.25) is 0 Å². The van der Waals surface area contributed by atoms with Gasteiger partial charge in [0, 0.05) is 29.8 Å². The standard InChI is InChI=1S/C21H22N2O5/c1-12-14(5-4-6-16(12)22)20(24)18-15-8-7-13(28-10-9-26-2)11-17(15)23-19(18)21(25)27-3/h4-8,11,23H,9-10,22H2,1-3H3. The number of fused-ring (bicyclic) bond motifs is 1. The number of nitrogens with two attached hydrogens (primary N) is 1. The number of ketones is 1. The summed E-state index contributed by atoms with van der Waals surface area (Å²) in [6, 6.07) is 10.4. The molecule has 3 N–H and O–H groups in total. The van der Waals surface area contributed by atoms with E-state index in [1.54, 1.807) is 50.4 Å². The third-order valence-corrected chi connectivity index (χ3v) is 4.56. The van der Waals surface area contributed by atoms with Crippen molar-refractivity contribution < 1.29 is 23.8 Å². The summed E-state index contributed by atoms with van der Waals surface area (Å²) < 4.78 is 15.4. The van der Waals surface area contributed by atoms with Gasteiger partial charge in [-0.15, -0.1) is 0 Å². The number of anilines is 1. The van der Waals surface area contributed by atoms with Crippen LogP contribution in [0, 0.1) is 6.92 Å². The number of carbonyl (C=O) groups excluding carboxylic acids is 2. The van der Waals surface area contributed by atoms with E-state index in [-0.39, 0.29) is 17.0 Å². The molecule has 3 rings (SSSR count). The zero-order valence-electron chi connectivity index (χ0n) is 16.0. The minimum absolute atomic E-state index is 0.0957. The maximum atomic E-state index is 13.3. The number of carbonyl (C=O) groups is 2. The van der Waals surface area contributed by atoms with Crippen molar-refractivity contribution in [3.63, 3.8) is 0 Å². The topological polar surface area (TPSA) is 104 Å². The van der Waals surface area contributed by atoms with Crippen molar-refractivity contribution in [2.75, 3.05) is 33.2 Å². The molecule has 2 aromatic carbocycles. The Bertz CT molecular complexity index is 1040. The molecular formula is C21H22N2O5. The van der Waals surface area contributed by atoms with Crippen LogP contribution in [-0.4, -0.2) is 44.2 Å². The van der Waals surface area contributed by atoms with Crippen LogP contribution in [0.15, 0.2) is 36.4 Å². The predicted molar refractivity (Wildman–Crippen MR) is 106 cm³/mol. The number of rotatable bonds is 7. The van der Waals surface area contributed by atoms with Crippen LogP contribution in [-0.2, 0) is 9.47 Å². The summed E-state index contributed by atoms with van der Waals surface area (Å²) in [4.78, 5) is 28.6. The molecule has 0 unspecified atom stereocenters. The van der Waals surface area contributed by atoms with Gasteiger partial charge in [0.25, 0.3) is 0 Å². The minimum atomic E-state index is -0.622. The zero-order valence-corrected chi connectivity index (χ0v) is 16.0. The van der Waals surface area contributed by atoms with Crippen molar-refractivity contribution in [3.8, 4) is 5.75 Å². The summed E-state index contributed by atoms with van der Waals surface area (Å²) in [5.74, 6) is -0.325. The van der Waals surface area contributed by atoms with Gasteiger partial charge >= 0.3 is 5.97 Å². The smallest absolute Gasteiger partial charge is 0.355 e. The van der Waals surface area contributed by atoms with E-state index < -0.39 is 5.97 Å². The van der Waals surface area contributed by atoms with E-state index in [0.717, 1.165) is 0 Å². The highest BCUT2D eigenvalue weighted by molar-refractivity contribution is 6.22. The summed E-state index contributed by atoms with van der Waals surface area (Å²) in [7, 11) is 2.86. The number of methoxy groups -OCH3 is 2. The number of ether oxygens (including phenoxy) is 3. The number of hydrogen-bond acceptors (Lipinski definition) is 6. The SMILES string of the molecule is COCCOc1ccc2c(C(=O)c3cccc(N)c3C)c(C(=O)OC)[nH]c2c1. The Morgan fingerprint density at radius 1 is 1.11 bits per heavy atom. The number of nitrogens with one attached hydrogen (secondary N) is 1. The first-order valence-electron chi connectivity index (χ1n) is 8.73. The lowest BCUT2D eigenvalue weighted by Crippen LogP contribution is -2.12. The van der Waals surface area contributed by atoms with Gasteiger partial charge in [-0.25, -0.2) is 4.79 Å². The second-order valence-electron chi connectivity index (χ2n) is 6.26. The number of benzene rings is 2. The lowest BCUT2D eigenvalue weighted by atomic mass is 9.96. The third kappa shape index (κ3) is 3.57. The normalized spacial score (nSPS) is 10.8. The molecule has 0 spiro atoms. The Kier molecular flexibility index (Phi) is 5.65. The predicted octanol–water partition coefficient (Wildman–Crippen LogP) is 3.10. The molecular weight excluding hydrogens is 360 g/mol. The quantitative estimate of drug-likeness (QED) is 0.282. The van der Waals surface area contributed by atoms with Gasteiger partial charge in [0.15, 0.2) is 5.78 Å². The van der Waals surface area contributed by atoms with Crippen molar-refractivity contribution in [2.45, 2.75) is 6.92 Å². The second-order valence-corrected chi connectivity index (χ2v) is 6.26. The van der Waals surface area contributed by atoms with Crippen molar-refractivity contribution in [1.82, 2.24) is 4.98 Å². The highest BCUT2D eigenvalue weighted by Crippen LogP contribution is 2.30. The minimum Gasteiger partial charge on any atom is -0.491 e. The number of esters is 1. The highest BCUT2D eigenvalue weighted by Gasteiger charge is 2.26. The van der Waals surface area contributed by atoms with Crippen molar-refractivity contribution in [2.24, 2.45) is 0 Å². The molecule has 0 fully saturated rings. The third-order valence-electron chi connectivity index (χ3n) is 4.56. The molecule has 0 aliphatic carbocycles. The molecule has 0 radical (unpaired) electrons. The summed E-state index contributed by atoms with van der Waals surface area (Å²) in [5.41, 5.74) is 8.50. The lowest BCUT2D eigenvalue weighted by molar-refractivity contribution is 0.0592. The Hall–Kier alpha value is -3.32. The highest BCUT2D eigenvalue weighted by atomic mass is 16.5. The summed E-state index contributed by atoms with van der Waals surface area (Å²) in [5, 5.41) is 0.603. The van der Waals surface area contributed by atoms with E-state index in [2.05, 4.69) is 4.98 Å². The van der Waals surface area contributed by atoms with Gasteiger partial charge in [-0.1, -0.05) is 12.1 Å². The Labute approximate surface area is 162 Å². The fraction of sp³-hybridized carbons (Fsp3) is 0.238. The molecule has 0 amide bonds. The van der Waals surface area contributed by atoms with Gasteiger partial charge in [-0.05, 0) is 30.7 Å². The Balaban J connectivity index is 2.12. The summed E-state index contributed by atoms with van der Waals surface area (Å²) >= 11 is 0. The molecule has 3 aromatic rings. The van der Waals surface area contributed by atoms with Crippen LogP contribution < -0.4 is 10.5 Å². The van der Waals surface area contributed by atoms with Crippen LogP contribution in [0.3, 0.4) is 0 Å². The van der Waals surface area contributed by atoms with Crippen molar-refractivity contribution in [1.29, 1.82) is 0 Å². The lowest BCUT2D eigenvalue weighted by Gasteiger charge is -2.09. The molecule has 0 saturated heterocycles. The maximum Gasteiger partial charge on any atom is 0.355 e. The molecule has 0 aliphatic heterocycles. The molecule has 0 bridgehead atoms. The average molecular weight is 382 g/mol. The van der Waals surface area contributed by atoms with Gasteiger partial charge in [0.2, 0.25) is 0 Å². The number of hydrogen-bond donors (Lipinski definition) is 2. The number of aromatic nitrogens is 1. The number of aromatic amines is 1. The Morgan fingerprint density at radius 3 is 2.61 bits per heavy atom. The molecule has 28 heavy (non-hydrogen) atoms. The number of H-pyrrole nitrogens is 1. The molecule has 1 aromatic heterocycles. The second kappa shape index (κ2) is 8.14. The number of nitrogen functional groups attached to an aromatic ring is 1. The fourth-order valence-corrected chi connectivity index (χ4v) is 3.03. The molecule has 146 valence electrons. The summed E-state index contributed by atoms with van der Waals surface area (Å²) in [6.07, 6.45) is 0. The maximum absolute atomic E-state index is 13.3. The van der Waals surface area contributed by atoms with E-state index in [1.165, 1.54) is 7.11 Å². The van der Waals surface area contributed by atoms with Crippen LogP contribution in [0.5, 0.6) is 5.75 Å². The van der Waals surface area contributed by atoms with Crippen molar-refractivity contribution in [3.05, 3.63) is 58.8 Å². The van der Waals surface area contributed by atoms with Crippen LogP contribution in [0.25, 0.3) is 10.9 Å². The first-order chi connectivity index (χ1) is 13.5. The van der Waals surface area contributed by atoms with Crippen LogP contribution in [0.1, 0.15) is 32.0 Å². The first-order valence-corrected chi connectivity index (χ1v) is 8.73. The van der Waals surface area contributed by atoms with Crippen LogP contribution in [0.4, 0.5) is 5.69 Å².